The van der Waals surface area contributed by atoms with Gasteiger partial charge in [-0.3, -0.25) is 4.79 Å². The number of nitrogens with zero attached hydrogens (tertiary/aromatic N) is 2. The summed E-state index contributed by atoms with van der Waals surface area (Å²) in [5.74, 6) is -0.0984. The summed E-state index contributed by atoms with van der Waals surface area (Å²) < 4.78 is 1.86. The van der Waals surface area contributed by atoms with Gasteiger partial charge >= 0.3 is 0 Å². The Kier molecular flexibility index (Phi) is 10.5. The summed E-state index contributed by atoms with van der Waals surface area (Å²) in [6.07, 6.45) is 6.98. The molecule has 7 heteroatoms. The lowest BCUT2D eigenvalue weighted by Gasteiger charge is -2.13. The van der Waals surface area contributed by atoms with Crippen molar-refractivity contribution in [3.63, 3.8) is 0 Å². The average Bonchev–Trinajstić information content (AvgIpc) is 3.42. The molecule has 40 heavy (non-hydrogen) atoms. The van der Waals surface area contributed by atoms with Gasteiger partial charge in [0, 0.05) is 21.3 Å². The van der Waals surface area contributed by atoms with Crippen molar-refractivity contribution in [2.45, 2.75) is 57.9 Å². The quantitative estimate of drug-likeness (QED) is 0.190. The van der Waals surface area contributed by atoms with Gasteiger partial charge in [-0.2, -0.15) is 5.10 Å². The highest BCUT2D eigenvalue weighted by molar-refractivity contribution is 6.35. The van der Waals surface area contributed by atoms with Gasteiger partial charge in [-0.1, -0.05) is 77.6 Å². The van der Waals surface area contributed by atoms with Crippen LogP contribution in [0.2, 0.25) is 15.1 Å². The second-order valence-corrected chi connectivity index (χ2v) is 11.2. The molecule has 0 fully saturated rings. The Balaban J connectivity index is 0.000000316. The maximum absolute atomic E-state index is 13.3. The first-order valence-corrected chi connectivity index (χ1v) is 14.7. The lowest BCUT2D eigenvalue weighted by molar-refractivity contribution is 0.0930. The standard InChI is InChI=1S/C24H23Cl2N3O.C7H7Cl.C2H4/c25-16-11-13-22(19(26)14-16)29-21-9-3-1-2-8-18(21)23(28-29)24(30)27-20-12-10-15-6-4-5-7-17(15)20;1-6-3-2-4-7(8)5-6;1-2/h4-7,11,13-14,20H,1-3,8-10,12H2,(H,27,30);2-5H,1H3;1-2H2/t20-;;/m0../s1. The van der Waals surface area contributed by atoms with Gasteiger partial charge in [0.2, 0.25) is 0 Å². The van der Waals surface area contributed by atoms with Gasteiger partial charge in [0.15, 0.2) is 5.69 Å². The maximum atomic E-state index is 13.3. The van der Waals surface area contributed by atoms with Crippen LogP contribution >= 0.6 is 34.8 Å². The van der Waals surface area contributed by atoms with E-state index >= 15 is 0 Å². The van der Waals surface area contributed by atoms with Crippen LogP contribution in [0.1, 0.15) is 70.2 Å². The van der Waals surface area contributed by atoms with E-state index in [4.69, 9.17) is 39.9 Å². The van der Waals surface area contributed by atoms with Crippen LogP contribution in [0.3, 0.4) is 0 Å². The van der Waals surface area contributed by atoms with Gasteiger partial charge in [-0.25, -0.2) is 4.68 Å². The Morgan fingerprint density at radius 1 is 0.900 bits per heavy atom. The van der Waals surface area contributed by atoms with E-state index in [0.29, 0.717) is 15.7 Å². The number of fused-ring (bicyclic) bond motifs is 2. The fourth-order valence-corrected chi connectivity index (χ4v) is 6.08. The Hall–Kier alpha value is -3.05. The summed E-state index contributed by atoms with van der Waals surface area (Å²) in [4.78, 5) is 13.3. The zero-order valence-corrected chi connectivity index (χ0v) is 25.0. The van der Waals surface area contributed by atoms with Crippen molar-refractivity contribution in [2.24, 2.45) is 0 Å². The number of carbonyl (C=O) groups is 1. The number of aryl methyl sites for hydroxylation is 2. The fourth-order valence-electron chi connectivity index (χ4n) is 5.35. The molecule has 1 aromatic heterocycles. The van der Waals surface area contributed by atoms with Crippen molar-refractivity contribution in [3.05, 3.63) is 129 Å². The highest BCUT2D eigenvalue weighted by Crippen LogP contribution is 2.33. The predicted octanol–water partition coefficient (Wildman–Crippen LogP) is 9.32. The number of carbonyl (C=O) groups excluding carboxylic acids is 1. The van der Waals surface area contributed by atoms with Gasteiger partial charge in [-0.05, 0) is 92.5 Å². The summed E-state index contributed by atoms with van der Waals surface area (Å²) in [6.45, 7) is 8.02. The van der Waals surface area contributed by atoms with Crippen LogP contribution in [0.25, 0.3) is 5.69 Å². The summed E-state index contributed by atoms with van der Waals surface area (Å²) >= 11 is 18.2. The van der Waals surface area contributed by atoms with Crippen LogP contribution in [0.15, 0.2) is 79.9 Å². The third-order valence-corrected chi connectivity index (χ3v) is 7.97. The molecule has 2 aliphatic rings. The molecule has 1 amide bonds. The lowest BCUT2D eigenvalue weighted by Crippen LogP contribution is -2.28. The lowest BCUT2D eigenvalue weighted by atomic mass is 10.1. The minimum Gasteiger partial charge on any atom is -0.344 e. The van der Waals surface area contributed by atoms with Crippen molar-refractivity contribution in [1.82, 2.24) is 15.1 Å². The van der Waals surface area contributed by atoms with Crippen molar-refractivity contribution in [3.8, 4) is 5.69 Å². The predicted molar refractivity (Wildman–Crippen MR) is 167 cm³/mol. The fraction of sp³-hybridized carbons (Fsp3) is 0.273. The molecule has 0 bridgehead atoms. The molecule has 0 saturated carbocycles. The molecule has 0 saturated heterocycles. The zero-order valence-electron chi connectivity index (χ0n) is 22.7. The average molecular weight is 595 g/mol. The number of rotatable bonds is 3. The van der Waals surface area contributed by atoms with Crippen molar-refractivity contribution < 1.29 is 4.79 Å². The van der Waals surface area contributed by atoms with E-state index in [1.54, 1.807) is 6.07 Å². The van der Waals surface area contributed by atoms with E-state index in [1.165, 1.54) is 16.7 Å². The highest BCUT2D eigenvalue weighted by Gasteiger charge is 2.29. The van der Waals surface area contributed by atoms with Gasteiger partial charge < -0.3 is 5.32 Å². The molecule has 2 aliphatic carbocycles. The largest absolute Gasteiger partial charge is 0.344 e. The summed E-state index contributed by atoms with van der Waals surface area (Å²) in [7, 11) is 0. The van der Waals surface area contributed by atoms with Gasteiger partial charge in [0.1, 0.15) is 0 Å². The molecular formula is C33H34Cl3N3O. The first-order chi connectivity index (χ1) is 19.4. The Morgan fingerprint density at radius 2 is 1.65 bits per heavy atom. The molecule has 208 valence electrons. The molecular weight excluding hydrogens is 561 g/mol. The molecule has 0 radical (unpaired) electrons. The number of nitrogens with one attached hydrogen (secondary N) is 1. The number of benzene rings is 3. The molecule has 6 rings (SSSR count). The summed E-state index contributed by atoms with van der Waals surface area (Å²) in [6, 6.07) is 21.6. The van der Waals surface area contributed by atoms with Crippen LogP contribution in [-0.4, -0.2) is 15.7 Å². The first-order valence-electron chi connectivity index (χ1n) is 13.6. The molecule has 0 unspecified atom stereocenters. The normalized spacial score (nSPS) is 15.3. The van der Waals surface area contributed by atoms with E-state index in [1.807, 2.05) is 54.1 Å². The van der Waals surface area contributed by atoms with Crippen LogP contribution in [0.5, 0.6) is 0 Å². The van der Waals surface area contributed by atoms with E-state index in [-0.39, 0.29) is 11.9 Å². The van der Waals surface area contributed by atoms with E-state index in [0.717, 1.165) is 66.9 Å². The van der Waals surface area contributed by atoms with Crippen LogP contribution in [0, 0.1) is 6.92 Å². The number of hydrogen-bond donors (Lipinski definition) is 1. The third kappa shape index (κ3) is 6.98. The SMILES string of the molecule is C=C.Cc1cccc(Cl)c1.O=C(N[C@H]1CCc2ccccc21)c1nn(-c2ccc(Cl)cc2Cl)c2c1CCCCC2. The number of amides is 1. The molecule has 0 spiro atoms. The van der Waals surface area contributed by atoms with Gasteiger partial charge in [0.25, 0.3) is 5.91 Å². The molecule has 0 aliphatic heterocycles. The zero-order chi connectivity index (χ0) is 28.6. The Bertz CT molecular complexity index is 1460. The molecule has 4 nitrogen and oxygen atoms in total. The monoisotopic (exact) mass is 593 g/mol. The number of halogens is 3. The summed E-state index contributed by atoms with van der Waals surface area (Å²) in [5.41, 5.74) is 7.19. The first kappa shape index (κ1) is 29.9. The minimum absolute atomic E-state index is 0.0411. The number of aromatic nitrogens is 2. The molecule has 1 heterocycles. The number of hydrogen-bond acceptors (Lipinski definition) is 2. The topological polar surface area (TPSA) is 46.9 Å². The molecule has 3 aromatic carbocycles. The maximum Gasteiger partial charge on any atom is 0.272 e. The summed E-state index contributed by atoms with van der Waals surface area (Å²) in [5, 5.41) is 9.94. The Labute approximate surface area is 252 Å². The van der Waals surface area contributed by atoms with E-state index in [2.05, 4.69) is 36.7 Å². The smallest absolute Gasteiger partial charge is 0.272 e. The third-order valence-electron chi connectivity index (χ3n) is 7.20. The molecule has 4 aromatic rings. The molecule has 1 N–H and O–H groups in total. The van der Waals surface area contributed by atoms with Crippen LogP contribution in [0.4, 0.5) is 0 Å². The van der Waals surface area contributed by atoms with Crippen molar-refractivity contribution in [2.75, 3.05) is 0 Å². The van der Waals surface area contributed by atoms with E-state index in [9.17, 15) is 4.79 Å². The van der Waals surface area contributed by atoms with Gasteiger partial charge in [-0.15, -0.1) is 13.2 Å². The van der Waals surface area contributed by atoms with Crippen LogP contribution < -0.4 is 5.32 Å². The van der Waals surface area contributed by atoms with Crippen molar-refractivity contribution >= 4 is 40.7 Å². The van der Waals surface area contributed by atoms with E-state index < -0.39 is 0 Å². The molecule has 1 atom stereocenters. The highest BCUT2D eigenvalue weighted by atomic mass is 35.5. The second kappa shape index (κ2) is 14.0. The minimum atomic E-state index is -0.0984. The Morgan fingerprint density at radius 3 is 2.38 bits per heavy atom. The second-order valence-electron chi connectivity index (χ2n) is 9.90. The van der Waals surface area contributed by atoms with Crippen molar-refractivity contribution in [1.29, 1.82) is 0 Å². The van der Waals surface area contributed by atoms with Gasteiger partial charge in [0.05, 0.1) is 16.8 Å². The van der Waals surface area contributed by atoms with Crippen LogP contribution in [-0.2, 0) is 19.3 Å².